The average molecular weight is 280 g/mol. The molecule has 1 aromatic carbocycles. The van der Waals surface area contributed by atoms with Crippen LogP contribution in [0.3, 0.4) is 0 Å². The zero-order valence-corrected chi connectivity index (χ0v) is 10.7. The van der Waals surface area contributed by atoms with E-state index in [1.165, 1.54) is 18.4 Å². The van der Waals surface area contributed by atoms with Gasteiger partial charge in [-0.05, 0) is 30.3 Å². The van der Waals surface area contributed by atoms with Gasteiger partial charge < -0.3 is 13.3 Å². The third kappa shape index (κ3) is 1.79. The van der Waals surface area contributed by atoms with Crippen LogP contribution in [0.1, 0.15) is 0 Å². The summed E-state index contributed by atoms with van der Waals surface area (Å²) in [5.41, 5.74) is 0.104. The van der Waals surface area contributed by atoms with Crippen molar-refractivity contribution in [2.24, 2.45) is 0 Å². The van der Waals surface area contributed by atoms with Crippen LogP contribution in [0.15, 0.2) is 71.6 Å². The molecule has 0 N–H and O–H groups in total. The molecule has 3 aromatic heterocycles. The lowest BCUT2D eigenvalue weighted by molar-refractivity contribution is 0.536. The number of benzene rings is 1. The highest BCUT2D eigenvalue weighted by Crippen LogP contribution is 2.27. The zero-order chi connectivity index (χ0) is 14.4. The van der Waals surface area contributed by atoms with Crippen molar-refractivity contribution < 1.29 is 13.3 Å². The van der Waals surface area contributed by atoms with Gasteiger partial charge in [0, 0.05) is 12.1 Å². The molecule has 0 aliphatic carbocycles. The fourth-order valence-electron chi connectivity index (χ4n) is 2.30. The van der Waals surface area contributed by atoms with E-state index in [2.05, 4.69) is 0 Å². The van der Waals surface area contributed by atoms with Crippen LogP contribution in [-0.2, 0) is 0 Å². The van der Waals surface area contributed by atoms with Crippen molar-refractivity contribution in [1.82, 2.24) is 0 Å². The summed E-state index contributed by atoms with van der Waals surface area (Å²) < 4.78 is 16.1. The maximum absolute atomic E-state index is 12.2. The Hall–Kier alpha value is -3.08. The van der Waals surface area contributed by atoms with Gasteiger partial charge in [-0.1, -0.05) is 0 Å². The van der Waals surface area contributed by atoms with Gasteiger partial charge in [0.25, 0.3) is 0 Å². The quantitative estimate of drug-likeness (QED) is 0.395. The Morgan fingerprint density at radius 2 is 1.67 bits per heavy atom. The molecule has 0 atom stereocenters. The lowest BCUT2D eigenvalue weighted by atomic mass is 10.1. The molecule has 0 amide bonds. The Kier molecular flexibility index (Phi) is 2.35. The minimum Gasteiger partial charge on any atom is -0.461 e. The molecule has 5 nitrogen and oxygen atoms in total. The first-order valence-electron chi connectivity index (χ1n) is 6.27. The normalized spacial score (nSPS) is 11.2. The lowest BCUT2D eigenvalue weighted by Crippen LogP contribution is -2.01. The van der Waals surface area contributed by atoms with E-state index < -0.39 is 5.63 Å². The summed E-state index contributed by atoms with van der Waals surface area (Å²) >= 11 is 0. The highest BCUT2D eigenvalue weighted by molar-refractivity contribution is 6.01. The molecule has 0 unspecified atom stereocenters. The molecule has 0 saturated carbocycles. The van der Waals surface area contributed by atoms with E-state index >= 15 is 0 Å². The fraction of sp³-hybridized carbons (Fsp3) is 0. The predicted octanol–water partition coefficient (Wildman–Crippen LogP) is 3.16. The third-order valence-corrected chi connectivity index (χ3v) is 3.26. The number of furan rings is 1. The van der Waals surface area contributed by atoms with Crippen LogP contribution in [-0.4, -0.2) is 0 Å². The molecule has 0 fully saturated rings. The van der Waals surface area contributed by atoms with Gasteiger partial charge >= 0.3 is 5.63 Å². The van der Waals surface area contributed by atoms with E-state index in [0.717, 1.165) is 0 Å². The summed E-state index contributed by atoms with van der Waals surface area (Å²) in [5.74, 6) is 0.791. The number of fused-ring (bicyclic) bond motifs is 3. The van der Waals surface area contributed by atoms with Crippen molar-refractivity contribution in [3.8, 4) is 11.5 Å². The molecule has 0 aliphatic heterocycles. The summed E-state index contributed by atoms with van der Waals surface area (Å²) in [6.07, 6.45) is 1.50. The highest BCUT2D eigenvalue weighted by atomic mass is 16.4. The van der Waals surface area contributed by atoms with Crippen molar-refractivity contribution in [2.45, 2.75) is 0 Å². The van der Waals surface area contributed by atoms with E-state index in [9.17, 15) is 9.59 Å². The first kappa shape index (κ1) is 11.7. The number of hydrogen-bond donors (Lipinski definition) is 0. The third-order valence-electron chi connectivity index (χ3n) is 3.26. The van der Waals surface area contributed by atoms with Crippen LogP contribution in [0.2, 0.25) is 0 Å². The van der Waals surface area contributed by atoms with Gasteiger partial charge in [0.2, 0.25) is 0 Å². The van der Waals surface area contributed by atoms with Gasteiger partial charge in [0.05, 0.1) is 17.0 Å². The van der Waals surface area contributed by atoms with Crippen LogP contribution in [0.4, 0.5) is 0 Å². The summed E-state index contributed by atoms with van der Waals surface area (Å²) in [5, 5.41) is 0.990. The lowest BCUT2D eigenvalue weighted by Gasteiger charge is -2.03. The van der Waals surface area contributed by atoms with Gasteiger partial charge in [-0.3, -0.25) is 4.79 Å². The molecule has 102 valence electrons. The minimum atomic E-state index is -0.452. The molecule has 3 heterocycles. The Bertz CT molecular complexity index is 1070. The summed E-state index contributed by atoms with van der Waals surface area (Å²) in [7, 11) is 0. The maximum Gasteiger partial charge on any atom is 0.336 e. The van der Waals surface area contributed by atoms with E-state index in [0.29, 0.717) is 33.5 Å². The standard InChI is InChI=1S/C16H8O5/c17-11-8-14(13-2-1-7-19-13)21-16-9(11)3-5-12-10(16)4-6-15(18)20-12/h1-8H. The van der Waals surface area contributed by atoms with Crippen LogP contribution < -0.4 is 11.1 Å². The van der Waals surface area contributed by atoms with Crippen LogP contribution in [0.5, 0.6) is 0 Å². The van der Waals surface area contributed by atoms with Gasteiger partial charge in [0.15, 0.2) is 16.9 Å². The van der Waals surface area contributed by atoms with Crippen molar-refractivity contribution in [3.63, 3.8) is 0 Å². The number of hydrogen-bond acceptors (Lipinski definition) is 5. The predicted molar refractivity (Wildman–Crippen MR) is 76.2 cm³/mol. The molecular weight excluding hydrogens is 272 g/mol. The van der Waals surface area contributed by atoms with Gasteiger partial charge in [-0.15, -0.1) is 0 Å². The van der Waals surface area contributed by atoms with Gasteiger partial charge in [0.1, 0.15) is 11.2 Å². The van der Waals surface area contributed by atoms with E-state index in [1.807, 2.05) is 0 Å². The van der Waals surface area contributed by atoms with Gasteiger partial charge in [-0.2, -0.15) is 0 Å². The van der Waals surface area contributed by atoms with Crippen molar-refractivity contribution in [2.75, 3.05) is 0 Å². The molecule has 0 bridgehead atoms. The molecular formula is C16H8O5. The Balaban J connectivity index is 2.17. The number of rotatable bonds is 1. The Morgan fingerprint density at radius 3 is 2.48 bits per heavy atom. The topological polar surface area (TPSA) is 73.6 Å². The maximum atomic E-state index is 12.2. The summed E-state index contributed by atoms with van der Waals surface area (Å²) in [6, 6.07) is 10.8. The molecule has 0 radical (unpaired) electrons. The SMILES string of the molecule is O=c1ccc2c(ccc3c(=O)cc(-c4ccco4)oc32)o1. The van der Waals surface area contributed by atoms with Crippen LogP contribution in [0, 0.1) is 0 Å². The minimum absolute atomic E-state index is 0.184. The average Bonchev–Trinajstić information content (AvgIpc) is 3.00. The monoisotopic (exact) mass is 280 g/mol. The first-order valence-corrected chi connectivity index (χ1v) is 6.27. The second-order valence-electron chi connectivity index (χ2n) is 4.56. The molecule has 5 heteroatoms. The summed E-state index contributed by atoms with van der Waals surface area (Å²) in [6.45, 7) is 0. The molecule has 21 heavy (non-hydrogen) atoms. The van der Waals surface area contributed by atoms with Crippen molar-refractivity contribution in [1.29, 1.82) is 0 Å². The second-order valence-corrected chi connectivity index (χ2v) is 4.56. The van der Waals surface area contributed by atoms with Crippen LogP contribution >= 0.6 is 0 Å². The zero-order valence-electron chi connectivity index (χ0n) is 10.7. The van der Waals surface area contributed by atoms with Crippen molar-refractivity contribution in [3.05, 3.63) is 69.4 Å². The smallest absolute Gasteiger partial charge is 0.336 e. The van der Waals surface area contributed by atoms with Crippen LogP contribution in [0.25, 0.3) is 33.5 Å². The largest absolute Gasteiger partial charge is 0.461 e. The molecule has 4 rings (SSSR count). The molecule has 0 saturated heterocycles. The fourth-order valence-corrected chi connectivity index (χ4v) is 2.30. The Labute approximate surface area is 117 Å². The molecule has 0 aliphatic rings. The molecule has 4 aromatic rings. The molecule has 0 spiro atoms. The first-order chi connectivity index (χ1) is 10.2. The van der Waals surface area contributed by atoms with E-state index in [-0.39, 0.29) is 5.43 Å². The second kappa shape index (κ2) is 4.21. The summed E-state index contributed by atoms with van der Waals surface area (Å²) in [4.78, 5) is 23.5. The van der Waals surface area contributed by atoms with E-state index in [4.69, 9.17) is 13.3 Å². The van der Waals surface area contributed by atoms with E-state index in [1.54, 1.807) is 30.3 Å². The highest BCUT2D eigenvalue weighted by Gasteiger charge is 2.12. The van der Waals surface area contributed by atoms with Gasteiger partial charge in [-0.25, -0.2) is 4.79 Å². The Morgan fingerprint density at radius 1 is 0.810 bits per heavy atom. The van der Waals surface area contributed by atoms with Crippen molar-refractivity contribution >= 4 is 21.9 Å².